The summed E-state index contributed by atoms with van der Waals surface area (Å²) in [5, 5.41) is 11.3. The smallest absolute Gasteiger partial charge is 0.295 e. The molecule has 1 atom stereocenters. The molecule has 1 unspecified atom stereocenters. The van der Waals surface area contributed by atoms with Gasteiger partial charge in [-0.1, -0.05) is 48.9 Å². The van der Waals surface area contributed by atoms with Gasteiger partial charge < -0.3 is 24.4 Å². The first kappa shape index (κ1) is 27.9. The van der Waals surface area contributed by atoms with Crippen LogP contribution in [0.4, 0.5) is 0 Å². The normalized spacial score (nSPS) is 16.6. The molecule has 3 aromatic rings. The number of ether oxygens (including phenoxy) is 2. The Morgan fingerprint density at radius 3 is 2.26 bits per heavy atom. The summed E-state index contributed by atoms with van der Waals surface area (Å²) in [4.78, 5) is 29.9. The second-order valence-electron chi connectivity index (χ2n) is 10.0. The molecule has 1 fully saturated rings. The van der Waals surface area contributed by atoms with Gasteiger partial charge in [0.15, 0.2) is 0 Å². The zero-order valence-corrected chi connectivity index (χ0v) is 23.0. The number of aliphatic hydroxyl groups is 1. The first-order chi connectivity index (χ1) is 18.8. The molecule has 7 nitrogen and oxygen atoms in total. The van der Waals surface area contributed by atoms with Crippen molar-refractivity contribution in [1.29, 1.82) is 0 Å². The van der Waals surface area contributed by atoms with Crippen LogP contribution < -0.4 is 9.47 Å². The van der Waals surface area contributed by atoms with Gasteiger partial charge in [-0.3, -0.25) is 9.59 Å². The number of carbonyl (C=O) groups excluding carboxylic acids is 2. The van der Waals surface area contributed by atoms with Gasteiger partial charge in [-0.2, -0.15) is 0 Å². The fourth-order valence-electron chi connectivity index (χ4n) is 4.56. The van der Waals surface area contributed by atoms with Gasteiger partial charge in [0.2, 0.25) is 0 Å². The maximum atomic E-state index is 13.2. The summed E-state index contributed by atoms with van der Waals surface area (Å²) in [6.07, 6.45) is 0.891. The lowest BCUT2D eigenvalue weighted by Gasteiger charge is -2.26. The van der Waals surface area contributed by atoms with Crippen LogP contribution in [0.3, 0.4) is 0 Å². The number of likely N-dealkylation sites (tertiary alicyclic amines) is 1. The molecular formula is C32H36N2O5. The Kier molecular flexibility index (Phi) is 9.04. The number of benzene rings is 3. The fourth-order valence-corrected chi connectivity index (χ4v) is 4.56. The molecule has 0 spiro atoms. The number of hydrogen-bond donors (Lipinski definition) is 1. The number of nitrogens with zero attached hydrogens (tertiary/aromatic N) is 2. The van der Waals surface area contributed by atoms with E-state index >= 15 is 0 Å². The summed E-state index contributed by atoms with van der Waals surface area (Å²) < 4.78 is 11.6. The Morgan fingerprint density at radius 1 is 0.949 bits per heavy atom. The van der Waals surface area contributed by atoms with Gasteiger partial charge in [-0.05, 0) is 75.0 Å². The van der Waals surface area contributed by atoms with Crippen LogP contribution in [0, 0.1) is 6.92 Å². The van der Waals surface area contributed by atoms with Gasteiger partial charge in [-0.25, -0.2) is 0 Å². The van der Waals surface area contributed by atoms with Gasteiger partial charge in [0.1, 0.15) is 23.9 Å². The first-order valence-electron chi connectivity index (χ1n) is 13.2. The molecule has 0 bridgehead atoms. The highest BCUT2D eigenvalue weighted by molar-refractivity contribution is 6.46. The van der Waals surface area contributed by atoms with Crippen LogP contribution >= 0.6 is 0 Å². The number of amides is 1. The van der Waals surface area contributed by atoms with Crippen molar-refractivity contribution in [2.24, 2.45) is 0 Å². The van der Waals surface area contributed by atoms with Crippen molar-refractivity contribution in [1.82, 2.24) is 9.80 Å². The molecule has 1 aliphatic rings. The van der Waals surface area contributed by atoms with Gasteiger partial charge in [0, 0.05) is 18.7 Å². The van der Waals surface area contributed by atoms with E-state index in [2.05, 4.69) is 6.07 Å². The first-order valence-corrected chi connectivity index (χ1v) is 13.2. The van der Waals surface area contributed by atoms with E-state index in [-0.39, 0.29) is 11.3 Å². The van der Waals surface area contributed by atoms with Crippen LogP contribution in [0.25, 0.3) is 5.76 Å². The highest BCUT2D eigenvalue weighted by Crippen LogP contribution is 2.40. The van der Waals surface area contributed by atoms with Crippen molar-refractivity contribution < 1.29 is 24.2 Å². The van der Waals surface area contributed by atoms with Gasteiger partial charge in [0.05, 0.1) is 18.2 Å². The molecule has 204 valence electrons. The summed E-state index contributed by atoms with van der Waals surface area (Å²) in [6, 6.07) is 21.7. The molecule has 1 amide bonds. The second kappa shape index (κ2) is 12.6. The minimum Gasteiger partial charge on any atom is -0.507 e. The Hall–Kier alpha value is -4.10. The van der Waals surface area contributed by atoms with E-state index in [0.717, 1.165) is 23.1 Å². The summed E-state index contributed by atoms with van der Waals surface area (Å²) >= 11 is 0. The van der Waals surface area contributed by atoms with Crippen LogP contribution in [-0.2, 0) is 16.2 Å². The molecule has 4 rings (SSSR count). The van der Waals surface area contributed by atoms with Crippen LogP contribution in [0.1, 0.15) is 41.6 Å². The Bertz CT molecular complexity index is 1330. The Labute approximate surface area is 230 Å². The summed E-state index contributed by atoms with van der Waals surface area (Å²) in [5.41, 5.74) is 3.48. The van der Waals surface area contributed by atoms with Crippen molar-refractivity contribution >= 4 is 17.4 Å². The lowest BCUT2D eigenvalue weighted by Crippen LogP contribution is -2.35. The Balaban J connectivity index is 1.63. The van der Waals surface area contributed by atoms with Crippen molar-refractivity contribution in [3.63, 3.8) is 0 Å². The maximum absolute atomic E-state index is 13.2. The minimum absolute atomic E-state index is 0.0782. The van der Waals surface area contributed by atoms with Crippen LogP contribution in [-0.4, -0.2) is 60.4 Å². The number of ketones is 1. The largest absolute Gasteiger partial charge is 0.507 e. The monoisotopic (exact) mass is 528 g/mol. The molecule has 0 aliphatic carbocycles. The molecule has 0 saturated carbocycles. The van der Waals surface area contributed by atoms with Crippen LogP contribution in [0.15, 0.2) is 78.4 Å². The van der Waals surface area contributed by atoms with Crippen molar-refractivity contribution in [2.45, 2.75) is 32.9 Å². The quantitative estimate of drug-likeness (QED) is 0.205. The molecule has 0 aromatic heterocycles. The zero-order valence-electron chi connectivity index (χ0n) is 23.0. The van der Waals surface area contributed by atoms with Gasteiger partial charge in [-0.15, -0.1) is 0 Å². The van der Waals surface area contributed by atoms with E-state index in [1.807, 2.05) is 75.3 Å². The third-order valence-electron chi connectivity index (χ3n) is 6.61. The van der Waals surface area contributed by atoms with Crippen molar-refractivity contribution in [3.05, 3.63) is 101 Å². The Morgan fingerprint density at radius 2 is 1.62 bits per heavy atom. The highest BCUT2D eigenvalue weighted by Gasteiger charge is 2.45. The topological polar surface area (TPSA) is 79.3 Å². The molecule has 1 saturated heterocycles. The predicted molar refractivity (Wildman–Crippen MR) is 152 cm³/mol. The summed E-state index contributed by atoms with van der Waals surface area (Å²) in [5.74, 6) is -0.164. The number of Topliss-reactive ketones (excluding diaryl/α,β-unsaturated/α-hetero) is 1. The average molecular weight is 529 g/mol. The van der Waals surface area contributed by atoms with Gasteiger partial charge in [0.25, 0.3) is 11.7 Å². The van der Waals surface area contributed by atoms with E-state index in [1.54, 1.807) is 24.3 Å². The van der Waals surface area contributed by atoms with Crippen LogP contribution in [0.5, 0.6) is 11.5 Å². The second-order valence-corrected chi connectivity index (χ2v) is 10.0. The molecule has 1 aliphatic heterocycles. The third kappa shape index (κ3) is 6.67. The molecule has 0 radical (unpaired) electrons. The van der Waals surface area contributed by atoms with Crippen molar-refractivity contribution in [2.75, 3.05) is 33.8 Å². The molecule has 1 heterocycles. The number of hydrogen-bond acceptors (Lipinski definition) is 6. The summed E-state index contributed by atoms with van der Waals surface area (Å²) in [7, 11) is 3.82. The number of aryl methyl sites for hydroxylation is 1. The van der Waals surface area contributed by atoms with Gasteiger partial charge >= 0.3 is 0 Å². The standard InChI is InChI=1S/C32H36N2O5/c1-5-19-38-26-13-9-24(10-14-26)29-28(31(36)32(37)34(29)18-17-33(3)4)30(35)25-11-15-27(16-12-25)39-21-23-8-6-7-22(2)20-23/h6-16,20,29,35H,5,17-19,21H2,1-4H3/b30-28-. The third-order valence-corrected chi connectivity index (χ3v) is 6.61. The molecular weight excluding hydrogens is 492 g/mol. The van der Waals surface area contributed by atoms with E-state index in [1.165, 1.54) is 4.90 Å². The molecule has 39 heavy (non-hydrogen) atoms. The molecule has 1 N–H and O–H groups in total. The number of aliphatic hydroxyl groups excluding tert-OH is 1. The molecule has 7 heteroatoms. The van der Waals surface area contributed by atoms with E-state index < -0.39 is 17.7 Å². The number of rotatable bonds is 11. The SMILES string of the molecule is CCCOc1ccc(C2/C(=C(/O)c3ccc(OCc4cccc(C)c4)cc3)C(=O)C(=O)N2CCN(C)C)cc1. The minimum atomic E-state index is -0.706. The summed E-state index contributed by atoms with van der Waals surface area (Å²) in [6.45, 7) is 6.02. The van der Waals surface area contributed by atoms with E-state index in [9.17, 15) is 14.7 Å². The lowest BCUT2D eigenvalue weighted by molar-refractivity contribution is -0.140. The van der Waals surface area contributed by atoms with Crippen LogP contribution in [0.2, 0.25) is 0 Å². The van der Waals surface area contributed by atoms with E-state index in [4.69, 9.17) is 9.47 Å². The van der Waals surface area contributed by atoms with E-state index in [0.29, 0.717) is 43.4 Å². The molecule has 3 aromatic carbocycles. The lowest BCUT2D eigenvalue weighted by atomic mass is 9.95. The highest BCUT2D eigenvalue weighted by atomic mass is 16.5. The maximum Gasteiger partial charge on any atom is 0.295 e. The fraction of sp³-hybridized carbons (Fsp3) is 0.312. The zero-order chi connectivity index (χ0) is 27.9. The number of likely N-dealkylation sites (N-methyl/N-ethyl adjacent to an activating group) is 1. The number of carbonyl (C=O) groups is 2. The predicted octanol–water partition coefficient (Wildman–Crippen LogP) is 5.35. The average Bonchev–Trinajstić information content (AvgIpc) is 3.19. The van der Waals surface area contributed by atoms with Crippen molar-refractivity contribution in [3.8, 4) is 11.5 Å².